The van der Waals surface area contributed by atoms with Gasteiger partial charge in [0.2, 0.25) is 5.95 Å². The molecule has 0 saturated heterocycles. The average molecular weight is 272 g/mol. The third-order valence-corrected chi connectivity index (χ3v) is 2.91. The number of nitrogens with zero attached hydrogens (tertiary/aromatic N) is 2. The highest BCUT2D eigenvalue weighted by Gasteiger charge is 2.02. The predicted octanol–water partition coefficient (Wildman–Crippen LogP) is 2.84. The van der Waals surface area contributed by atoms with Crippen molar-refractivity contribution in [3.05, 3.63) is 42.1 Å². The molecule has 0 fully saturated rings. The van der Waals surface area contributed by atoms with E-state index < -0.39 is 0 Å². The van der Waals surface area contributed by atoms with Gasteiger partial charge in [0.1, 0.15) is 5.82 Å². The summed E-state index contributed by atoms with van der Waals surface area (Å²) in [5, 5.41) is 6.45. The van der Waals surface area contributed by atoms with Crippen LogP contribution in [0.1, 0.15) is 12.5 Å². The molecule has 1 heterocycles. The molecule has 5 heteroatoms. The third kappa shape index (κ3) is 3.93. The zero-order valence-electron chi connectivity index (χ0n) is 11.9. The maximum absolute atomic E-state index is 4.99. The molecule has 1 aromatic heterocycles. The van der Waals surface area contributed by atoms with E-state index in [9.17, 15) is 0 Å². The molecule has 1 aromatic carbocycles. The number of methoxy groups -OCH3 is 1. The summed E-state index contributed by atoms with van der Waals surface area (Å²) in [6.45, 7) is 3.45. The van der Waals surface area contributed by atoms with E-state index in [1.54, 1.807) is 13.3 Å². The largest absolute Gasteiger partial charge is 0.383 e. The fraction of sp³-hybridized carbons (Fsp3) is 0.333. The van der Waals surface area contributed by atoms with Crippen LogP contribution in [0.15, 0.2) is 36.5 Å². The number of aromatic nitrogens is 2. The van der Waals surface area contributed by atoms with E-state index in [2.05, 4.69) is 39.7 Å². The zero-order valence-corrected chi connectivity index (χ0v) is 11.9. The molecule has 106 valence electrons. The lowest BCUT2D eigenvalue weighted by Gasteiger charge is -2.11. The standard InChI is InChI=1S/C15H20N4O/c1-3-12-6-4-5-7-13(12)18-14-8-9-16-15(19-14)17-10-11-20-2/h4-9H,3,10-11H2,1-2H3,(H2,16,17,18,19). The fourth-order valence-electron chi connectivity index (χ4n) is 1.87. The number of benzene rings is 1. The summed E-state index contributed by atoms with van der Waals surface area (Å²) in [7, 11) is 1.67. The summed E-state index contributed by atoms with van der Waals surface area (Å²) in [5.41, 5.74) is 2.34. The van der Waals surface area contributed by atoms with Gasteiger partial charge in [-0.3, -0.25) is 0 Å². The van der Waals surface area contributed by atoms with Crippen LogP contribution in [-0.4, -0.2) is 30.2 Å². The third-order valence-electron chi connectivity index (χ3n) is 2.91. The maximum Gasteiger partial charge on any atom is 0.224 e. The first kappa shape index (κ1) is 14.3. The maximum atomic E-state index is 4.99. The summed E-state index contributed by atoms with van der Waals surface area (Å²) in [4.78, 5) is 8.60. The Bertz CT molecular complexity index is 545. The Balaban J connectivity index is 2.07. The molecule has 0 bridgehead atoms. The highest BCUT2D eigenvalue weighted by Crippen LogP contribution is 2.20. The van der Waals surface area contributed by atoms with E-state index in [0.29, 0.717) is 19.1 Å². The van der Waals surface area contributed by atoms with Gasteiger partial charge in [-0.2, -0.15) is 4.98 Å². The smallest absolute Gasteiger partial charge is 0.224 e. The Hall–Kier alpha value is -2.14. The molecule has 2 aromatic rings. The summed E-state index contributed by atoms with van der Waals surface area (Å²) >= 11 is 0. The molecular formula is C15H20N4O. The lowest BCUT2D eigenvalue weighted by Crippen LogP contribution is -2.10. The highest BCUT2D eigenvalue weighted by molar-refractivity contribution is 5.61. The summed E-state index contributed by atoms with van der Waals surface area (Å²) in [5.74, 6) is 1.38. The van der Waals surface area contributed by atoms with Gasteiger partial charge in [-0.25, -0.2) is 4.98 Å². The fourth-order valence-corrected chi connectivity index (χ4v) is 1.87. The Labute approximate surface area is 119 Å². The number of rotatable bonds is 7. The van der Waals surface area contributed by atoms with Gasteiger partial charge in [0.05, 0.1) is 6.61 Å². The quantitative estimate of drug-likeness (QED) is 0.759. The molecular weight excluding hydrogens is 252 g/mol. The molecule has 0 aliphatic carbocycles. The minimum absolute atomic E-state index is 0.598. The highest BCUT2D eigenvalue weighted by atomic mass is 16.5. The second-order valence-corrected chi connectivity index (χ2v) is 4.32. The molecule has 2 rings (SSSR count). The number of nitrogens with one attached hydrogen (secondary N) is 2. The number of anilines is 3. The number of aryl methyl sites for hydroxylation is 1. The molecule has 0 spiro atoms. The molecule has 0 aliphatic heterocycles. The van der Waals surface area contributed by atoms with Gasteiger partial charge >= 0.3 is 0 Å². The van der Waals surface area contributed by atoms with Crippen LogP contribution in [0.4, 0.5) is 17.5 Å². The Morgan fingerprint density at radius 1 is 1.20 bits per heavy atom. The van der Waals surface area contributed by atoms with Gasteiger partial charge in [0.15, 0.2) is 0 Å². The van der Waals surface area contributed by atoms with Crippen molar-refractivity contribution in [3.8, 4) is 0 Å². The molecule has 0 saturated carbocycles. The van der Waals surface area contributed by atoms with Crippen LogP contribution in [-0.2, 0) is 11.2 Å². The number of hydrogen-bond acceptors (Lipinski definition) is 5. The van der Waals surface area contributed by atoms with E-state index in [1.165, 1.54) is 5.56 Å². The molecule has 0 atom stereocenters. The summed E-state index contributed by atoms with van der Waals surface area (Å²) in [6.07, 6.45) is 2.71. The van der Waals surface area contributed by atoms with Gasteiger partial charge in [-0.05, 0) is 24.1 Å². The molecule has 0 radical (unpaired) electrons. The van der Waals surface area contributed by atoms with Gasteiger partial charge < -0.3 is 15.4 Å². The Morgan fingerprint density at radius 2 is 2.05 bits per heavy atom. The topological polar surface area (TPSA) is 59.1 Å². The van der Waals surface area contributed by atoms with Crippen molar-refractivity contribution in [1.29, 1.82) is 0 Å². The lowest BCUT2D eigenvalue weighted by molar-refractivity contribution is 0.210. The van der Waals surface area contributed by atoms with Gasteiger partial charge in [-0.1, -0.05) is 25.1 Å². The van der Waals surface area contributed by atoms with E-state index in [4.69, 9.17) is 4.74 Å². The van der Waals surface area contributed by atoms with Crippen LogP contribution in [0.25, 0.3) is 0 Å². The van der Waals surface area contributed by atoms with E-state index >= 15 is 0 Å². The van der Waals surface area contributed by atoms with Crippen LogP contribution in [0, 0.1) is 0 Å². The van der Waals surface area contributed by atoms with Gasteiger partial charge in [0.25, 0.3) is 0 Å². The first-order valence-corrected chi connectivity index (χ1v) is 6.74. The number of hydrogen-bond donors (Lipinski definition) is 2. The first-order valence-electron chi connectivity index (χ1n) is 6.74. The molecule has 0 amide bonds. The van der Waals surface area contributed by atoms with Crippen LogP contribution >= 0.6 is 0 Å². The molecule has 5 nitrogen and oxygen atoms in total. The van der Waals surface area contributed by atoms with Crippen molar-refractivity contribution < 1.29 is 4.74 Å². The Morgan fingerprint density at radius 3 is 2.85 bits per heavy atom. The molecule has 20 heavy (non-hydrogen) atoms. The van der Waals surface area contributed by atoms with Crippen LogP contribution in [0.5, 0.6) is 0 Å². The van der Waals surface area contributed by atoms with Crippen molar-refractivity contribution in [2.45, 2.75) is 13.3 Å². The Kier molecular flexibility index (Phi) is 5.32. The lowest BCUT2D eigenvalue weighted by atomic mass is 10.1. The van der Waals surface area contributed by atoms with Crippen LogP contribution in [0.3, 0.4) is 0 Å². The van der Waals surface area contributed by atoms with Crippen molar-refractivity contribution in [3.63, 3.8) is 0 Å². The van der Waals surface area contributed by atoms with Crippen molar-refractivity contribution >= 4 is 17.5 Å². The normalized spacial score (nSPS) is 10.3. The predicted molar refractivity (Wildman–Crippen MR) is 81.5 cm³/mol. The minimum atomic E-state index is 0.598. The first-order chi connectivity index (χ1) is 9.83. The van der Waals surface area contributed by atoms with Crippen LogP contribution < -0.4 is 10.6 Å². The molecule has 0 aliphatic rings. The summed E-state index contributed by atoms with van der Waals surface area (Å²) in [6, 6.07) is 10.1. The number of para-hydroxylation sites is 1. The van der Waals surface area contributed by atoms with E-state index in [0.717, 1.165) is 17.9 Å². The zero-order chi connectivity index (χ0) is 14.2. The average Bonchev–Trinajstić information content (AvgIpc) is 2.48. The van der Waals surface area contributed by atoms with E-state index in [-0.39, 0.29) is 0 Å². The van der Waals surface area contributed by atoms with Crippen molar-refractivity contribution in [1.82, 2.24) is 9.97 Å². The number of ether oxygens (including phenoxy) is 1. The molecule has 2 N–H and O–H groups in total. The van der Waals surface area contributed by atoms with Crippen molar-refractivity contribution in [2.75, 3.05) is 30.9 Å². The van der Waals surface area contributed by atoms with Crippen LogP contribution in [0.2, 0.25) is 0 Å². The SMILES string of the molecule is CCc1ccccc1Nc1ccnc(NCCOC)n1. The van der Waals surface area contributed by atoms with Gasteiger partial charge in [0, 0.05) is 25.5 Å². The second kappa shape index (κ2) is 7.45. The summed E-state index contributed by atoms with van der Waals surface area (Å²) < 4.78 is 4.99. The minimum Gasteiger partial charge on any atom is -0.383 e. The van der Waals surface area contributed by atoms with Crippen molar-refractivity contribution in [2.24, 2.45) is 0 Å². The van der Waals surface area contributed by atoms with Gasteiger partial charge in [-0.15, -0.1) is 0 Å². The second-order valence-electron chi connectivity index (χ2n) is 4.32. The molecule has 0 unspecified atom stereocenters. The van der Waals surface area contributed by atoms with E-state index in [1.807, 2.05) is 18.2 Å². The monoisotopic (exact) mass is 272 g/mol.